The van der Waals surface area contributed by atoms with Crippen molar-refractivity contribution in [2.24, 2.45) is 12.8 Å². The number of nitrogens with zero attached hydrogens (tertiary/aromatic N) is 2. The van der Waals surface area contributed by atoms with Crippen LogP contribution >= 0.6 is 0 Å². The monoisotopic (exact) mass is 228 g/mol. The van der Waals surface area contributed by atoms with E-state index in [-0.39, 0.29) is 5.69 Å². The molecule has 0 aliphatic carbocycles. The zero-order valence-electron chi connectivity index (χ0n) is 9.40. The zero-order valence-corrected chi connectivity index (χ0v) is 9.40. The Morgan fingerprint density at radius 1 is 1.41 bits per heavy atom. The highest BCUT2D eigenvalue weighted by molar-refractivity contribution is 6.06. The molecule has 0 atom stereocenters. The van der Waals surface area contributed by atoms with Gasteiger partial charge in [-0.15, -0.1) is 0 Å². The van der Waals surface area contributed by atoms with Crippen molar-refractivity contribution >= 4 is 21.9 Å². The van der Waals surface area contributed by atoms with Gasteiger partial charge < -0.3 is 15.3 Å². The molecule has 0 amide bonds. The Morgan fingerprint density at radius 2 is 2.18 bits per heavy atom. The maximum absolute atomic E-state index is 11.5. The molecule has 3 aromatic rings. The first-order valence-corrected chi connectivity index (χ1v) is 5.38. The minimum Gasteiger partial charge on any atom is -0.341 e. The molecule has 5 nitrogen and oxygen atoms in total. The zero-order chi connectivity index (χ0) is 12.0. The van der Waals surface area contributed by atoms with Gasteiger partial charge in [0, 0.05) is 19.0 Å². The second kappa shape index (κ2) is 3.43. The number of nitrogens with two attached hydrogens (primary N) is 1. The molecule has 2 heterocycles. The molecular weight excluding hydrogens is 216 g/mol. The van der Waals surface area contributed by atoms with Crippen LogP contribution in [0, 0.1) is 0 Å². The molecule has 0 unspecified atom stereocenters. The number of nitrogens with one attached hydrogen (secondary N) is 1. The summed E-state index contributed by atoms with van der Waals surface area (Å²) in [6.45, 7) is 0.290. The van der Waals surface area contributed by atoms with Gasteiger partial charge in [-0.1, -0.05) is 18.2 Å². The first-order valence-electron chi connectivity index (χ1n) is 5.38. The number of fused-ring (bicyclic) bond motifs is 3. The van der Waals surface area contributed by atoms with Crippen LogP contribution in [-0.4, -0.2) is 14.5 Å². The quantitative estimate of drug-likeness (QED) is 0.649. The lowest BCUT2D eigenvalue weighted by molar-refractivity contribution is 0.920. The second-order valence-corrected chi connectivity index (χ2v) is 4.00. The summed E-state index contributed by atoms with van der Waals surface area (Å²) in [5.41, 5.74) is 8.69. The predicted octanol–water partition coefficient (Wildman–Crippen LogP) is 0.873. The van der Waals surface area contributed by atoms with E-state index in [9.17, 15) is 4.79 Å². The Morgan fingerprint density at radius 3 is 2.94 bits per heavy atom. The van der Waals surface area contributed by atoms with Crippen molar-refractivity contribution in [3.05, 3.63) is 40.4 Å². The van der Waals surface area contributed by atoms with Crippen LogP contribution in [0.5, 0.6) is 0 Å². The van der Waals surface area contributed by atoms with Gasteiger partial charge in [0.05, 0.1) is 16.7 Å². The van der Waals surface area contributed by atoms with Crippen LogP contribution in [0.4, 0.5) is 0 Å². The minimum absolute atomic E-state index is 0.290. The van der Waals surface area contributed by atoms with E-state index in [1.807, 2.05) is 35.9 Å². The third-order valence-electron chi connectivity index (χ3n) is 3.04. The Labute approximate surface area is 96.9 Å². The van der Waals surface area contributed by atoms with Crippen LogP contribution in [0.3, 0.4) is 0 Å². The fourth-order valence-corrected chi connectivity index (χ4v) is 2.30. The van der Waals surface area contributed by atoms with Crippen molar-refractivity contribution in [1.82, 2.24) is 14.5 Å². The smallest absolute Gasteiger partial charge is 0.341 e. The van der Waals surface area contributed by atoms with Crippen molar-refractivity contribution in [2.75, 3.05) is 0 Å². The molecule has 1 aromatic carbocycles. The summed E-state index contributed by atoms with van der Waals surface area (Å²) in [6.07, 6.45) is 0. The fraction of sp³-hybridized carbons (Fsp3) is 0.167. The summed E-state index contributed by atoms with van der Waals surface area (Å²) in [6, 6.07) is 7.87. The van der Waals surface area contributed by atoms with Crippen molar-refractivity contribution in [3.8, 4) is 0 Å². The number of rotatable bonds is 1. The lowest BCUT2D eigenvalue weighted by Gasteiger charge is -2.02. The van der Waals surface area contributed by atoms with Crippen LogP contribution in [0.15, 0.2) is 29.1 Å². The molecule has 0 bridgehead atoms. The van der Waals surface area contributed by atoms with Crippen LogP contribution in [0.25, 0.3) is 21.9 Å². The van der Waals surface area contributed by atoms with Crippen molar-refractivity contribution < 1.29 is 0 Å². The second-order valence-electron chi connectivity index (χ2n) is 4.00. The lowest BCUT2D eigenvalue weighted by Crippen LogP contribution is -2.15. The Bertz CT molecular complexity index is 769. The molecule has 17 heavy (non-hydrogen) atoms. The van der Waals surface area contributed by atoms with Gasteiger partial charge in [0.2, 0.25) is 0 Å². The van der Waals surface area contributed by atoms with Crippen LogP contribution in [-0.2, 0) is 13.6 Å². The van der Waals surface area contributed by atoms with Gasteiger partial charge in [-0.25, -0.2) is 4.79 Å². The maximum Gasteiger partial charge on any atom is 0.345 e. The Kier molecular flexibility index (Phi) is 2.02. The largest absolute Gasteiger partial charge is 0.345 e. The molecule has 0 spiro atoms. The summed E-state index contributed by atoms with van der Waals surface area (Å²) in [7, 11) is 1.95. The third kappa shape index (κ3) is 1.29. The summed E-state index contributed by atoms with van der Waals surface area (Å²) in [4.78, 5) is 18.2. The van der Waals surface area contributed by atoms with Gasteiger partial charge in [-0.3, -0.25) is 0 Å². The van der Waals surface area contributed by atoms with E-state index in [1.165, 1.54) is 0 Å². The molecular formula is C12H12N4O. The number of aromatic amines is 1. The molecule has 3 N–H and O–H groups in total. The number of aryl methyl sites for hydroxylation is 1. The number of hydrogen-bond acceptors (Lipinski definition) is 3. The van der Waals surface area contributed by atoms with Gasteiger partial charge in [0.25, 0.3) is 0 Å². The molecule has 0 aliphatic rings. The van der Waals surface area contributed by atoms with Crippen molar-refractivity contribution in [3.63, 3.8) is 0 Å². The van der Waals surface area contributed by atoms with Gasteiger partial charge >= 0.3 is 5.69 Å². The summed E-state index contributed by atoms with van der Waals surface area (Å²) >= 11 is 0. The van der Waals surface area contributed by atoms with Crippen LogP contribution < -0.4 is 11.4 Å². The van der Waals surface area contributed by atoms with E-state index in [0.717, 1.165) is 22.1 Å². The molecule has 0 fully saturated rings. The van der Waals surface area contributed by atoms with Gasteiger partial charge in [-0.2, -0.15) is 4.98 Å². The maximum atomic E-state index is 11.5. The highest BCUT2D eigenvalue weighted by atomic mass is 16.1. The fourth-order valence-electron chi connectivity index (χ4n) is 2.30. The molecule has 2 aromatic heterocycles. The van der Waals surface area contributed by atoms with E-state index < -0.39 is 0 Å². The summed E-state index contributed by atoms with van der Waals surface area (Å²) in [5, 5.41) is 0.978. The average molecular weight is 228 g/mol. The number of aromatic nitrogens is 3. The van der Waals surface area contributed by atoms with E-state index in [0.29, 0.717) is 12.1 Å². The highest BCUT2D eigenvalue weighted by Crippen LogP contribution is 2.26. The summed E-state index contributed by atoms with van der Waals surface area (Å²) < 4.78 is 2.01. The highest BCUT2D eigenvalue weighted by Gasteiger charge is 2.13. The molecule has 3 rings (SSSR count). The van der Waals surface area contributed by atoms with Crippen molar-refractivity contribution in [1.29, 1.82) is 0 Å². The number of benzene rings is 1. The van der Waals surface area contributed by atoms with Gasteiger partial charge in [-0.05, 0) is 6.07 Å². The van der Waals surface area contributed by atoms with E-state index in [1.54, 1.807) is 0 Å². The lowest BCUT2D eigenvalue weighted by atomic mass is 10.2. The Balaban J connectivity index is 2.66. The molecule has 0 radical (unpaired) electrons. The predicted molar refractivity (Wildman–Crippen MR) is 66.7 cm³/mol. The van der Waals surface area contributed by atoms with Gasteiger partial charge in [0.1, 0.15) is 5.52 Å². The minimum atomic E-state index is -0.352. The van der Waals surface area contributed by atoms with E-state index in [4.69, 9.17) is 5.73 Å². The SMILES string of the molecule is Cn1c2ccccc2c2nc(=O)[nH]c(CN)c21. The average Bonchev–Trinajstić information content (AvgIpc) is 2.63. The molecule has 0 aliphatic heterocycles. The number of para-hydroxylation sites is 1. The van der Waals surface area contributed by atoms with Gasteiger partial charge in [0.15, 0.2) is 0 Å². The standard InChI is InChI=1S/C12H12N4O/c1-16-9-5-3-2-4-7(9)10-11(16)8(6-13)14-12(17)15-10/h2-5H,6,13H2,1H3,(H,14,15,17). The van der Waals surface area contributed by atoms with E-state index >= 15 is 0 Å². The first kappa shape index (κ1) is 10.0. The van der Waals surface area contributed by atoms with Crippen LogP contribution in [0.2, 0.25) is 0 Å². The normalized spacial score (nSPS) is 11.4. The number of hydrogen-bond donors (Lipinski definition) is 2. The molecule has 5 heteroatoms. The number of H-pyrrole nitrogens is 1. The summed E-state index contributed by atoms with van der Waals surface area (Å²) in [5.74, 6) is 0. The van der Waals surface area contributed by atoms with Crippen molar-refractivity contribution in [2.45, 2.75) is 6.54 Å². The van der Waals surface area contributed by atoms with E-state index in [2.05, 4.69) is 9.97 Å². The van der Waals surface area contributed by atoms with Crippen LogP contribution in [0.1, 0.15) is 5.69 Å². The molecule has 0 saturated carbocycles. The molecule has 0 saturated heterocycles. The molecule has 86 valence electrons. The first-order chi connectivity index (χ1) is 8.22. The Hall–Kier alpha value is -2.14. The topological polar surface area (TPSA) is 76.7 Å². The third-order valence-corrected chi connectivity index (χ3v) is 3.04.